The van der Waals surface area contributed by atoms with Gasteiger partial charge in [0.2, 0.25) is 0 Å². The summed E-state index contributed by atoms with van der Waals surface area (Å²) in [6.07, 6.45) is 1.17. The number of benzene rings is 1. The Bertz CT molecular complexity index is 362. The number of carboxylic acids is 1. The Morgan fingerprint density at radius 2 is 1.88 bits per heavy atom. The minimum absolute atomic E-state index is 0.0261. The quantitative estimate of drug-likeness (QED) is 0.712. The Labute approximate surface area is 94.1 Å². The Hall–Kier alpha value is -1.68. The Balaban J connectivity index is 2.34. The van der Waals surface area contributed by atoms with Crippen LogP contribution in [0.1, 0.15) is 29.6 Å². The van der Waals surface area contributed by atoms with E-state index in [1.165, 1.54) is 0 Å². The fourth-order valence-corrected chi connectivity index (χ4v) is 1.37. The zero-order valence-corrected chi connectivity index (χ0v) is 8.93. The van der Waals surface area contributed by atoms with Crippen LogP contribution in [0.25, 0.3) is 0 Å². The molecule has 3 N–H and O–H groups in total. The summed E-state index contributed by atoms with van der Waals surface area (Å²) in [5, 5.41) is 8.55. The van der Waals surface area contributed by atoms with Gasteiger partial charge < -0.3 is 10.8 Å². The Kier molecular flexibility index (Phi) is 4.66. The van der Waals surface area contributed by atoms with Crippen LogP contribution >= 0.6 is 0 Å². The normalized spacial score (nSPS) is 12.1. The van der Waals surface area contributed by atoms with E-state index in [0.29, 0.717) is 24.8 Å². The van der Waals surface area contributed by atoms with Gasteiger partial charge in [-0.25, -0.2) is 0 Å². The molecule has 0 unspecified atom stereocenters. The second kappa shape index (κ2) is 6.02. The van der Waals surface area contributed by atoms with Crippen molar-refractivity contribution in [3.8, 4) is 0 Å². The molecule has 86 valence electrons. The second-order valence-corrected chi connectivity index (χ2v) is 3.63. The van der Waals surface area contributed by atoms with Gasteiger partial charge in [0.1, 0.15) is 6.04 Å². The van der Waals surface area contributed by atoms with Gasteiger partial charge in [0.25, 0.3) is 0 Å². The van der Waals surface area contributed by atoms with Gasteiger partial charge in [-0.2, -0.15) is 0 Å². The van der Waals surface area contributed by atoms with Crippen molar-refractivity contribution in [3.05, 3.63) is 35.9 Å². The second-order valence-electron chi connectivity index (χ2n) is 3.63. The van der Waals surface area contributed by atoms with Gasteiger partial charge in [0.05, 0.1) is 0 Å². The van der Waals surface area contributed by atoms with E-state index in [4.69, 9.17) is 10.8 Å². The lowest BCUT2D eigenvalue weighted by molar-refractivity contribution is -0.138. The van der Waals surface area contributed by atoms with Crippen LogP contribution in [0.15, 0.2) is 30.3 Å². The van der Waals surface area contributed by atoms with Crippen LogP contribution < -0.4 is 5.73 Å². The summed E-state index contributed by atoms with van der Waals surface area (Å²) < 4.78 is 0. The first kappa shape index (κ1) is 12.4. The summed E-state index contributed by atoms with van der Waals surface area (Å²) in [7, 11) is 0. The van der Waals surface area contributed by atoms with Crippen LogP contribution in [0, 0.1) is 0 Å². The first-order valence-electron chi connectivity index (χ1n) is 5.18. The van der Waals surface area contributed by atoms with Gasteiger partial charge in [-0.15, -0.1) is 0 Å². The summed E-state index contributed by atoms with van der Waals surface area (Å²) in [6, 6.07) is 8.08. The lowest BCUT2D eigenvalue weighted by Gasteiger charge is -2.05. The number of ketones is 1. The molecule has 4 nitrogen and oxygen atoms in total. The van der Waals surface area contributed by atoms with E-state index in [-0.39, 0.29) is 5.78 Å². The standard InChI is InChI=1S/C12H15NO3/c13-10(12(15)16)7-4-8-11(14)9-5-2-1-3-6-9/h1-3,5-6,10H,4,7-8,13H2,(H,15,16)/t10-/m1/s1. The summed E-state index contributed by atoms with van der Waals surface area (Å²) in [5.41, 5.74) is 5.99. The van der Waals surface area contributed by atoms with E-state index < -0.39 is 12.0 Å². The largest absolute Gasteiger partial charge is 0.480 e. The number of carbonyl (C=O) groups is 2. The molecule has 0 aliphatic carbocycles. The average molecular weight is 221 g/mol. The monoisotopic (exact) mass is 221 g/mol. The van der Waals surface area contributed by atoms with Crippen molar-refractivity contribution in [1.29, 1.82) is 0 Å². The number of rotatable bonds is 6. The van der Waals surface area contributed by atoms with E-state index in [2.05, 4.69) is 0 Å². The molecule has 16 heavy (non-hydrogen) atoms. The molecule has 1 rings (SSSR count). The minimum atomic E-state index is -1.02. The van der Waals surface area contributed by atoms with E-state index >= 15 is 0 Å². The zero-order valence-electron chi connectivity index (χ0n) is 8.93. The number of hydrogen-bond donors (Lipinski definition) is 2. The molecule has 4 heteroatoms. The van der Waals surface area contributed by atoms with Crippen molar-refractivity contribution < 1.29 is 14.7 Å². The highest BCUT2D eigenvalue weighted by Crippen LogP contribution is 2.07. The molecule has 0 saturated heterocycles. The van der Waals surface area contributed by atoms with Gasteiger partial charge in [0.15, 0.2) is 5.78 Å². The number of Topliss-reactive ketones (excluding diaryl/α,β-unsaturated/α-hetero) is 1. The molecule has 0 fully saturated rings. The van der Waals surface area contributed by atoms with Crippen molar-refractivity contribution in [2.75, 3.05) is 0 Å². The van der Waals surface area contributed by atoms with Crippen molar-refractivity contribution in [2.45, 2.75) is 25.3 Å². The lowest BCUT2D eigenvalue weighted by Crippen LogP contribution is -2.29. The van der Waals surface area contributed by atoms with E-state index in [1.54, 1.807) is 24.3 Å². The molecule has 1 atom stereocenters. The molecule has 0 radical (unpaired) electrons. The SMILES string of the molecule is N[C@H](CCCC(=O)c1ccccc1)C(=O)O. The third kappa shape index (κ3) is 3.82. The number of aliphatic carboxylic acids is 1. The van der Waals surface area contributed by atoms with Crippen LogP contribution in [-0.2, 0) is 4.79 Å². The van der Waals surface area contributed by atoms with Gasteiger partial charge in [-0.05, 0) is 12.8 Å². The van der Waals surface area contributed by atoms with Crippen LogP contribution in [0.3, 0.4) is 0 Å². The molecule has 0 amide bonds. The smallest absolute Gasteiger partial charge is 0.320 e. The first-order valence-corrected chi connectivity index (χ1v) is 5.18. The molecule has 0 spiro atoms. The third-order valence-corrected chi connectivity index (χ3v) is 2.33. The highest BCUT2D eigenvalue weighted by molar-refractivity contribution is 5.95. The van der Waals surface area contributed by atoms with E-state index in [0.717, 1.165) is 0 Å². The minimum Gasteiger partial charge on any atom is -0.480 e. The molecule has 0 aromatic heterocycles. The number of nitrogens with two attached hydrogens (primary N) is 1. The van der Waals surface area contributed by atoms with E-state index in [1.807, 2.05) is 6.07 Å². The lowest BCUT2D eigenvalue weighted by atomic mass is 10.0. The maximum Gasteiger partial charge on any atom is 0.320 e. The van der Waals surface area contributed by atoms with Crippen molar-refractivity contribution in [3.63, 3.8) is 0 Å². The zero-order chi connectivity index (χ0) is 12.0. The van der Waals surface area contributed by atoms with Gasteiger partial charge in [0, 0.05) is 12.0 Å². The highest BCUT2D eigenvalue weighted by atomic mass is 16.4. The number of carbonyl (C=O) groups excluding carboxylic acids is 1. The fraction of sp³-hybridized carbons (Fsp3) is 0.333. The van der Waals surface area contributed by atoms with E-state index in [9.17, 15) is 9.59 Å². The maximum absolute atomic E-state index is 11.6. The van der Waals surface area contributed by atoms with Crippen LogP contribution in [0.2, 0.25) is 0 Å². The predicted molar refractivity (Wildman–Crippen MR) is 60.2 cm³/mol. The van der Waals surface area contributed by atoms with Crippen LogP contribution in [-0.4, -0.2) is 22.9 Å². The van der Waals surface area contributed by atoms with Crippen molar-refractivity contribution in [2.24, 2.45) is 5.73 Å². The van der Waals surface area contributed by atoms with Gasteiger partial charge >= 0.3 is 5.97 Å². The van der Waals surface area contributed by atoms with Crippen LogP contribution in [0.4, 0.5) is 0 Å². The molecule has 0 aliphatic rings. The van der Waals surface area contributed by atoms with Crippen LogP contribution in [0.5, 0.6) is 0 Å². The molecular formula is C12H15NO3. The molecular weight excluding hydrogens is 206 g/mol. The Morgan fingerprint density at radius 3 is 2.44 bits per heavy atom. The van der Waals surface area contributed by atoms with Crippen molar-refractivity contribution in [1.82, 2.24) is 0 Å². The molecule has 0 saturated carbocycles. The summed E-state index contributed by atoms with van der Waals surface area (Å²) >= 11 is 0. The summed E-state index contributed by atoms with van der Waals surface area (Å²) in [5.74, 6) is -0.995. The average Bonchev–Trinajstić information content (AvgIpc) is 2.29. The fourth-order valence-electron chi connectivity index (χ4n) is 1.37. The molecule has 1 aromatic rings. The van der Waals surface area contributed by atoms with Crippen molar-refractivity contribution >= 4 is 11.8 Å². The van der Waals surface area contributed by atoms with Gasteiger partial charge in [-0.3, -0.25) is 9.59 Å². The highest BCUT2D eigenvalue weighted by Gasteiger charge is 2.12. The Morgan fingerprint density at radius 1 is 1.25 bits per heavy atom. The summed E-state index contributed by atoms with van der Waals surface area (Å²) in [4.78, 5) is 22.0. The molecule has 0 heterocycles. The van der Waals surface area contributed by atoms with Gasteiger partial charge in [-0.1, -0.05) is 30.3 Å². The third-order valence-electron chi connectivity index (χ3n) is 2.33. The molecule has 0 bridgehead atoms. The number of hydrogen-bond acceptors (Lipinski definition) is 3. The maximum atomic E-state index is 11.6. The molecule has 0 aliphatic heterocycles. The predicted octanol–water partition coefficient (Wildman–Crippen LogP) is 1.45. The molecule has 1 aromatic carbocycles. The summed E-state index contributed by atoms with van der Waals surface area (Å²) in [6.45, 7) is 0. The topological polar surface area (TPSA) is 80.4 Å². The first-order chi connectivity index (χ1) is 7.61. The number of carboxylic acid groups (broad SMARTS) is 1.